The summed E-state index contributed by atoms with van der Waals surface area (Å²) in [5, 5.41) is 0.925. The van der Waals surface area contributed by atoms with Crippen molar-refractivity contribution in [2.75, 3.05) is 0 Å². The van der Waals surface area contributed by atoms with E-state index in [1.165, 1.54) is 6.07 Å². The molecule has 0 atom stereocenters. The molecule has 1 heterocycles. The van der Waals surface area contributed by atoms with E-state index in [0.29, 0.717) is 11.3 Å². The Balaban J connectivity index is 2.81. The molecule has 74 valence electrons. The molecule has 0 fully saturated rings. The topological polar surface area (TPSA) is 42.6 Å². The van der Waals surface area contributed by atoms with Crippen molar-refractivity contribution in [3.05, 3.63) is 40.2 Å². The molecule has 0 amide bonds. The summed E-state index contributed by atoms with van der Waals surface area (Å²) in [7, 11) is 0. The monoisotopic (exact) mass is 265 g/mol. The molecule has 0 saturated carbocycles. The van der Waals surface area contributed by atoms with Crippen LogP contribution in [0.2, 0.25) is 0 Å². The van der Waals surface area contributed by atoms with Crippen molar-refractivity contribution in [3.8, 4) is 0 Å². The first-order valence-corrected chi connectivity index (χ1v) is 5.19. The fourth-order valence-electron chi connectivity index (χ4n) is 1.44. The standard InChI is InChI=1S/C11H7NO2Se/c1-7-4-11(13)14-10-5-8(12-6-15)2-3-9(7)10/h2-5H,1H3. The zero-order chi connectivity index (χ0) is 10.8. The van der Waals surface area contributed by atoms with Gasteiger partial charge in [0.2, 0.25) is 0 Å². The third-order valence-corrected chi connectivity index (χ3v) is 2.30. The first-order chi connectivity index (χ1) is 7.20. The zero-order valence-electron chi connectivity index (χ0n) is 7.98. The number of rotatable bonds is 1. The Bertz CT molecular complexity index is 624. The molecule has 1 aromatic heterocycles. The Hall–Kier alpha value is -1.47. The predicted octanol–water partition coefficient (Wildman–Crippen LogP) is 1.81. The molecule has 0 N–H and O–H groups in total. The average molecular weight is 264 g/mol. The molecule has 0 saturated heterocycles. The van der Waals surface area contributed by atoms with E-state index in [1.807, 2.05) is 19.1 Å². The van der Waals surface area contributed by atoms with Crippen LogP contribution in [0.25, 0.3) is 11.0 Å². The third kappa shape index (κ3) is 1.97. The number of nitrogens with zero attached hydrogens (tertiary/aromatic N) is 1. The van der Waals surface area contributed by atoms with Crippen LogP contribution in [0, 0.1) is 6.92 Å². The molecule has 0 unspecified atom stereocenters. The molecule has 0 aliphatic rings. The Kier molecular flexibility index (Phi) is 2.65. The zero-order valence-corrected chi connectivity index (χ0v) is 9.69. The van der Waals surface area contributed by atoms with Crippen LogP contribution in [-0.2, 0) is 0 Å². The molecule has 0 radical (unpaired) electrons. The van der Waals surface area contributed by atoms with Gasteiger partial charge in [-0.3, -0.25) is 0 Å². The van der Waals surface area contributed by atoms with Crippen molar-refractivity contribution in [2.45, 2.75) is 6.92 Å². The van der Waals surface area contributed by atoms with Crippen molar-refractivity contribution in [2.24, 2.45) is 4.99 Å². The van der Waals surface area contributed by atoms with Crippen molar-refractivity contribution >= 4 is 36.9 Å². The van der Waals surface area contributed by atoms with Gasteiger partial charge < -0.3 is 0 Å². The molecule has 3 nitrogen and oxygen atoms in total. The first-order valence-electron chi connectivity index (χ1n) is 4.33. The van der Waals surface area contributed by atoms with Gasteiger partial charge in [-0.05, 0) is 0 Å². The van der Waals surface area contributed by atoms with E-state index in [1.54, 1.807) is 6.07 Å². The summed E-state index contributed by atoms with van der Waals surface area (Å²) in [5.74, 6) is 0. The summed E-state index contributed by atoms with van der Waals surface area (Å²) in [6.07, 6.45) is 0. The number of aryl methyl sites for hydroxylation is 1. The molecule has 15 heavy (non-hydrogen) atoms. The van der Waals surface area contributed by atoms with Gasteiger partial charge in [-0.1, -0.05) is 0 Å². The quantitative estimate of drug-likeness (QED) is 0.448. The molecule has 0 aliphatic carbocycles. The molecule has 0 aliphatic heterocycles. The van der Waals surface area contributed by atoms with Gasteiger partial charge in [0.15, 0.2) is 0 Å². The van der Waals surface area contributed by atoms with E-state index in [9.17, 15) is 4.79 Å². The summed E-state index contributed by atoms with van der Waals surface area (Å²) in [4.78, 5) is 15.1. The normalized spacial score (nSPS) is 9.93. The number of hydrogen-bond donors (Lipinski definition) is 0. The van der Waals surface area contributed by atoms with Crippen LogP contribution in [0.15, 0.2) is 38.5 Å². The Morgan fingerprint density at radius 2 is 2.20 bits per heavy atom. The van der Waals surface area contributed by atoms with Crippen LogP contribution in [0.1, 0.15) is 5.56 Å². The second-order valence-electron chi connectivity index (χ2n) is 3.13. The Labute approximate surface area is 93.8 Å². The van der Waals surface area contributed by atoms with Gasteiger partial charge in [-0.25, -0.2) is 0 Å². The summed E-state index contributed by atoms with van der Waals surface area (Å²) in [5.41, 5.74) is 1.82. The van der Waals surface area contributed by atoms with Gasteiger partial charge in [-0.2, -0.15) is 0 Å². The van der Waals surface area contributed by atoms with E-state index in [0.717, 1.165) is 10.9 Å². The summed E-state index contributed by atoms with van der Waals surface area (Å²) >= 11 is 2.55. The Morgan fingerprint density at radius 3 is 2.93 bits per heavy atom. The minimum atomic E-state index is -0.340. The second-order valence-corrected chi connectivity index (χ2v) is 3.52. The van der Waals surface area contributed by atoms with Crippen LogP contribution in [0.5, 0.6) is 0 Å². The fourth-order valence-corrected chi connectivity index (χ4v) is 1.66. The molecule has 2 aromatic rings. The minimum absolute atomic E-state index is 0.340. The van der Waals surface area contributed by atoms with E-state index >= 15 is 0 Å². The van der Waals surface area contributed by atoms with Gasteiger partial charge in [0.05, 0.1) is 0 Å². The molecule has 0 bridgehead atoms. The average Bonchev–Trinajstić information content (AvgIpc) is 2.17. The van der Waals surface area contributed by atoms with Gasteiger partial charge in [0, 0.05) is 0 Å². The van der Waals surface area contributed by atoms with Crippen molar-refractivity contribution in [1.29, 1.82) is 0 Å². The third-order valence-electron chi connectivity index (χ3n) is 2.11. The van der Waals surface area contributed by atoms with Gasteiger partial charge >= 0.3 is 93.5 Å². The van der Waals surface area contributed by atoms with Crippen LogP contribution >= 0.6 is 0 Å². The van der Waals surface area contributed by atoms with Gasteiger partial charge in [-0.15, -0.1) is 0 Å². The molecule has 4 heteroatoms. The van der Waals surface area contributed by atoms with Crippen molar-refractivity contribution < 1.29 is 4.42 Å². The molecular formula is C11H7NO2Se. The summed E-state index contributed by atoms with van der Waals surface area (Å²) < 4.78 is 7.63. The number of fused-ring (bicyclic) bond motifs is 1. The Morgan fingerprint density at radius 1 is 1.40 bits per heavy atom. The van der Waals surface area contributed by atoms with Crippen LogP contribution < -0.4 is 5.63 Å². The van der Waals surface area contributed by atoms with Gasteiger partial charge in [0.1, 0.15) is 0 Å². The molecule has 0 spiro atoms. The number of aliphatic imine (C=N–C) groups is 1. The van der Waals surface area contributed by atoms with Crippen LogP contribution in [0.4, 0.5) is 5.69 Å². The molecular weight excluding hydrogens is 257 g/mol. The number of hydrogen-bond acceptors (Lipinski definition) is 3. The van der Waals surface area contributed by atoms with E-state index in [2.05, 4.69) is 25.3 Å². The summed E-state index contributed by atoms with van der Waals surface area (Å²) in [6, 6.07) is 6.92. The first kappa shape index (κ1) is 10.1. The van der Waals surface area contributed by atoms with Crippen LogP contribution in [-0.4, -0.2) is 20.3 Å². The fraction of sp³-hybridized carbons (Fsp3) is 0.0909. The van der Waals surface area contributed by atoms with E-state index in [4.69, 9.17) is 4.42 Å². The molecule has 2 rings (SSSR count). The van der Waals surface area contributed by atoms with Crippen LogP contribution in [0.3, 0.4) is 0 Å². The maximum atomic E-state index is 11.2. The van der Waals surface area contributed by atoms with Crippen molar-refractivity contribution in [3.63, 3.8) is 0 Å². The summed E-state index contributed by atoms with van der Waals surface area (Å²) in [6.45, 7) is 1.88. The SMILES string of the molecule is Cc1cc(=O)oc2cc(N=C=[Se])ccc12. The van der Waals surface area contributed by atoms with E-state index in [-0.39, 0.29) is 5.63 Å². The predicted molar refractivity (Wildman–Crippen MR) is 60.1 cm³/mol. The maximum absolute atomic E-state index is 11.2. The molecule has 1 aromatic carbocycles. The van der Waals surface area contributed by atoms with Gasteiger partial charge in [0.25, 0.3) is 0 Å². The second kappa shape index (κ2) is 3.95. The number of benzene rings is 1. The van der Waals surface area contributed by atoms with Crippen molar-refractivity contribution in [1.82, 2.24) is 0 Å². The van der Waals surface area contributed by atoms with E-state index < -0.39 is 0 Å².